The molecular weight excluding hydrogens is 294 g/mol. The van der Waals surface area contributed by atoms with Gasteiger partial charge in [-0.05, 0) is 18.7 Å². The van der Waals surface area contributed by atoms with Crippen LogP contribution in [0, 0.1) is 0 Å². The summed E-state index contributed by atoms with van der Waals surface area (Å²) in [6, 6.07) is 7.87. The van der Waals surface area contributed by atoms with Gasteiger partial charge in [-0.15, -0.1) is 0 Å². The summed E-state index contributed by atoms with van der Waals surface area (Å²) in [6.07, 6.45) is 0. The second kappa shape index (κ2) is 6.11. The summed E-state index contributed by atoms with van der Waals surface area (Å²) >= 11 is 3.43. The predicted molar refractivity (Wildman–Crippen MR) is 74.4 cm³/mol. The van der Waals surface area contributed by atoms with Gasteiger partial charge >= 0.3 is 0 Å². The van der Waals surface area contributed by atoms with Crippen molar-refractivity contribution in [1.29, 1.82) is 0 Å². The number of nitrogens with one attached hydrogen (secondary N) is 1. The van der Waals surface area contributed by atoms with Gasteiger partial charge in [0.1, 0.15) is 0 Å². The van der Waals surface area contributed by atoms with Gasteiger partial charge in [0.15, 0.2) is 0 Å². The molecular formula is C13H16BrN3O. The van der Waals surface area contributed by atoms with Gasteiger partial charge in [0.25, 0.3) is 0 Å². The van der Waals surface area contributed by atoms with Crippen molar-refractivity contribution >= 4 is 15.9 Å². The molecule has 2 aromatic rings. The molecule has 1 aromatic heterocycles. The molecule has 1 heterocycles. The van der Waals surface area contributed by atoms with E-state index in [-0.39, 0.29) is 5.92 Å². The van der Waals surface area contributed by atoms with Gasteiger partial charge in [-0.2, -0.15) is 4.98 Å². The van der Waals surface area contributed by atoms with Gasteiger partial charge in [-0.1, -0.05) is 47.1 Å². The zero-order valence-corrected chi connectivity index (χ0v) is 12.1. The SMILES string of the molecule is CCNCC(C)c1nc(-c2cccc(Br)c2)no1. The van der Waals surface area contributed by atoms with Gasteiger partial charge in [-0.25, -0.2) is 0 Å². The molecule has 2 rings (SSSR count). The van der Waals surface area contributed by atoms with Crippen LogP contribution in [-0.4, -0.2) is 23.2 Å². The fourth-order valence-corrected chi connectivity index (χ4v) is 2.03. The highest BCUT2D eigenvalue weighted by molar-refractivity contribution is 9.10. The Kier molecular flexibility index (Phi) is 4.49. The van der Waals surface area contributed by atoms with E-state index in [4.69, 9.17) is 4.52 Å². The van der Waals surface area contributed by atoms with Crippen LogP contribution in [0.15, 0.2) is 33.3 Å². The van der Waals surface area contributed by atoms with Crippen molar-refractivity contribution in [2.24, 2.45) is 0 Å². The second-order valence-electron chi connectivity index (χ2n) is 4.18. The first-order chi connectivity index (χ1) is 8.70. The number of hydrogen-bond acceptors (Lipinski definition) is 4. The molecule has 0 aliphatic carbocycles. The third kappa shape index (κ3) is 3.17. The minimum atomic E-state index is 0.221. The zero-order chi connectivity index (χ0) is 13.0. The molecule has 0 amide bonds. The van der Waals surface area contributed by atoms with Crippen LogP contribution in [0.5, 0.6) is 0 Å². The molecule has 18 heavy (non-hydrogen) atoms. The minimum absolute atomic E-state index is 0.221. The first-order valence-electron chi connectivity index (χ1n) is 6.01. The Morgan fingerprint density at radius 3 is 3.00 bits per heavy atom. The molecule has 0 saturated heterocycles. The van der Waals surface area contributed by atoms with E-state index in [1.807, 2.05) is 24.3 Å². The van der Waals surface area contributed by atoms with E-state index in [2.05, 4.69) is 45.2 Å². The first-order valence-corrected chi connectivity index (χ1v) is 6.80. The van der Waals surface area contributed by atoms with E-state index < -0.39 is 0 Å². The summed E-state index contributed by atoms with van der Waals surface area (Å²) in [5.74, 6) is 1.53. The van der Waals surface area contributed by atoms with Crippen molar-refractivity contribution in [1.82, 2.24) is 15.5 Å². The van der Waals surface area contributed by atoms with E-state index in [9.17, 15) is 0 Å². The highest BCUT2D eigenvalue weighted by Gasteiger charge is 2.14. The Labute approximate surface area is 115 Å². The first kappa shape index (κ1) is 13.2. The van der Waals surface area contributed by atoms with Crippen molar-refractivity contribution in [3.05, 3.63) is 34.6 Å². The van der Waals surface area contributed by atoms with Crippen LogP contribution in [0.2, 0.25) is 0 Å². The molecule has 1 atom stereocenters. The summed E-state index contributed by atoms with van der Waals surface area (Å²) in [5.41, 5.74) is 0.954. The normalized spacial score (nSPS) is 12.6. The smallest absolute Gasteiger partial charge is 0.231 e. The van der Waals surface area contributed by atoms with Crippen molar-refractivity contribution in [3.63, 3.8) is 0 Å². The summed E-state index contributed by atoms with van der Waals surface area (Å²) in [7, 11) is 0. The summed E-state index contributed by atoms with van der Waals surface area (Å²) < 4.78 is 6.31. The molecule has 5 heteroatoms. The van der Waals surface area contributed by atoms with Crippen LogP contribution >= 0.6 is 15.9 Å². The average molecular weight is 310 g/mol. The molecule has 96 valence electrons. The van der Waals surface area contributed by atoms with Gasteiger partial charge in [-0.3, -0.25) is 0 Å². The molecule has 0 bridgehead atoms. The summed E-state index contributed by atoms with van der Waals surface area (Å²) in [6.45, 7) is 5.93. The highest BCUT2D eigenvalue weighted by atomic mass is 79.9. The van der Waals surface area contributed by atoms with Crippen LogP contribution in [0.25, 0.3) is 11.4 Å². The van der Waals surface area contributed by atoms with E-state index in [0.29, 0.717) is 11.7 Å². The maximum absolute atomic E-state index is 5.30. The van der Waals surface area contributed by atoms with E-state index >= 15 is 0 Å². The van der Waals surface area contributed by atoms with Gasteiger partial charge < -0.3 is 9.84 Å². The molecule has 4 nitrogen and oxygen atoms in total. The quantitative estimate of drug-likeness (QED) is 0.921. The van der Waals surface area contributed by atoms with Crippen molar-refractivity contribution in [3.8, 4) is 11.4 Å². The molecule has 1 unspecified atom stereocenters. The van der Waals surface area contributed by atoms with Crippen LogP contribution in [0.1, 0.15) is 25.7 Å². The van der Waals surface area contributed by atoms with Crippen molar-refractivity contribution < 1.29 is 4.52 Å². The second-order valence-corrected chi connectivity index (χ2v) is 5.09. The fourth-order valence-electron chi connectivity index (χ4n) is 1.63. The Morgan fingerprint density at radius 2 is 2.28 bits per heavy atom. The Morgan fingerprint density at radius 1 is 1.44 bits per heavy atom. The van der Waals surface area contributed by atoms with Crippen molar-refractivity contribution in [2.75, 3.05) is 13.1 Å². The molecule has 0 fully saturated rings. The number of aromatic nitrogens is 2. The lowest BCUT2D eigenvalue weighted by Gasteiger charge is -2.05. The molecule has 0 saturated carbocycles. The molecule has 1 N–H and O–H groups in total. The molecule has 0 spiro atoms. The molecule has 1 aromatic carbocycles. The predicted octanol–water partition coefficient (Wildman–Crippen LogP) is 3.21. The summed E-state index contributed by atoms with van der Waals surface area (Å²) in [5, 5.41) is 7.29. The Balaban J connectivity index is 2.15. The largest absolute Gasteiger partial charge is 0.339 e. The number of rotatable bonds is 5. The third-order valence-corrected chi connectivity index (χ3v) is 3.14. The van der Waals surface area contributed by atoms with E-state index in [0.717, 1.165) is 23.1 Å². The fraction of sp³-hybridized carbons (Fsp3) is 0.385. The van der Waals surface area contributed by atoms with Crippen LogP contribution in [0.4, 0.5) is 0 Å². The monoisotopic (exact) mass is 309 g/mol. The minimum Gasteiger partial charge on any atom is -0.339 e. The standard InChI is InChI=1S/C13H16BrN3O/c1-3-15-8-9(2)13-16-12(17-18-13)10-5-4-6-11(14)7-10/h4-7,9,15H,3,8H2,1-2H3. The molecule has 0 aliphatic heterocycles. The van der Waals surface area contributed by atoms with Crippen LogP contribution in [0.3, 0.4) is 0 Å². The Bertz CT molecular complexity index is 512. The number of likely N-dealkylation sites (N-methyl/N-ethyl adjacent to an activating group) is 1. The molecule has 0 aliphatic rings. The number of hydrogen-bond donors (Lipinski definition) is 1. The van der Waals surface area contributed by atoms with Crippen LogP contribution < -0.4 is 5.32 Å². The van der Waals surface area contributed by atoms with Crippen LogP contribution in [-0.2, 0) is 0 Å². The lowest BCUT2D eigenvalue weighted by Crippen LogP contribution is -2.19. The number of benzene rings is 1. The topological polar surface area (TPSA) is 51.0 Å². The number of nitrogens with zero attached hydrogens (tertiary/aromatic N) is 2. The average Bonchev–Trinajstić information content (AvgIpc) is 2.85. The van der Waals surface area contributed by atoms with Gasteiger partial charge in [0.05, 0.1) is 0 Å². The van der Waals surface area contributed by atoms with Crippen molar-refractivity contribution in [2.45, 2.75) is 19.8 Å². The van der Waals surface area contributed by atoms with Gasteiger partial charge in [0, 0.05) is 22.5 Å². The molecule has 0 radical (unpaired) electrons. The van der Waals surface area contributed by atoms with E-state index in [1.165, 1.54) is 0 Å². The number of halogens is 1. The lowest BCUT2D eigenvalue weighted by atomic mass is 10.2. The third-order valence-electron chi connectivity index (χ3n) is 2.65. The van der Waals surface area contributed by atoms with E-state index in [1.54, 1.807) is 0 Å². The van der Waals surface area contributed by atoms with Gasteiger partial charge in [0.2, 0.25) is 11.7 Å². The highest BCUT2D eigenvalue weighted by Crippen LogP contribution is 2.22. The maximum atomic E-state index is 5.30. The summed E-state index contributed by atoms with van der Waals surface area (Å²) in [4.78, 5) is 4.44. The Hall–Kier alpha value is -1.20. The zero-order valence-electron chi connectivity index (χ0n) is 10.5. The maximum Gasteiger partial charge on any atom is 0.231 e. The lowest BCUT2D eigenvalue weighted by molar-refractivity contribution is 0.355.